The predicted molar refractivity (Wildman–Crippen MR) is 117 cm³/mol. The van der Waals surface area contributed by atoms with Crippen LogP contribution in [-0.2, 0) is 0 Å². The van der Waals surface area contributed by atoms with Crippen molar-refractivity contribution >= 4 is 11.8 Å². The first-order valence-electron chi connectivity index (χ1n) is 9.99. The lowest BCUT2D eigenvalue weighted by Crippen LogP contribution is -2.32. The lowest BCUT2D eigenvalue weighted by molar-refractivity contribution is 0.422. The fourth-order valence-electron chi connectivity index (χ4n) is 3.11. The molecule has 1 rings (SSSR count). The summed E-state index contributed by atoms with van der Waals surface area (Å²) in [6.07, 6.45) is 10.3. The van der Waals surface area contributed by atoms with Crippen LogP contribution in [-0.4, -0.2) is 36.7 Å². The van der Waals surface area contributed by atoms with Crippen LogP contribution in [0.2, 0.25) is 0 Å². The second-order valence-electron chi connectivity index (χ2n) is 7.28. The van der Waals surface area contributed by atoms with Crippen LogP contribution in [0.25, 0.3) is 0 Å². The van der Waals surface area contributed by atoms with Crippen molar-refractivity contribution in [1.29, 1.82) is 0 Å². The summed E-state index contributed by atoms with van der Waals surface area (Å²) in [4.78, 5) is 0. The number of nitrogens with two attached hydrogens (primary N) is 1. The van der Waals surface area contributed by atoms with E-state index in [2.05, 4.69) is 56.4 Å². The Labute approximate surface area is 161 Å². The maximum absolute atomic E-state index is 5.75. The average Bonchev–Trinajstić information content (AvgIpc) is 2.92. The predicted octanol–water partition coefficient (Wildman–Crippen LogP) is 4.70. The third kappa shape index (κ3) is 12.5. The van der Waals surface area contributed by atoms with Crippen molar-refractivity contribution in [3.63, 3.8) is 0 Å². The number of thioether (sulfide) groups is 1. The van der Waals surface area contributed by atoms with Crippen LogP contribution < -0.4 is 16.4 Å². The molecule has 1 saturated heterocycles. The molecule has 1 aliphatic rings. The highest BCUT2D eigenvalue weighted by atomic mass is 32.2. The third-order valence-corrected chi connectivity index (χ3v) is 6.40. The summed E-state index contributed by atoms with van der Waals surface area (Å²) < 4.78 is 0. The van der Waals surface area contributed by atoms with E-state index in [-0.39, 0.29) is 0 Å². The summed E-state index contributed by atoms with van der Waals surface area (Å²) in [6, 6.07) is 1.05. The van der Waals surface area contributed by atoms with Crippen LogP contribution in [0, 0.1) is 5.92 Å². The Morgan fingerprint density at radius 2 is 2.00 bits per heavy atom. The molecule has 1 heterocycles. The van der Waals surface area contributed by atoms with Gasteiger partial charge in [0.05, 0.1) is 0 Å². The number of unbranched alkanes of at least 4 members (excludes halogenated alkanes) is 2. The van der Waals surface area contributed by atoms with E-state index in [4.69, 9.17) is 5.73 Å². The topological polar surface area (TPSA) is 50.1 Å². The van der Waals surface area contributed by atoms with Gasteiger partial charge in [-0.1, -0.05) is 32.4 Å². The van der Waals surface area contributed by atoms with Crippen molar-refractivity contribution in [2.45, 2.75) is 83.1 Å². The first-order chi connectivity index (χ1) is 12.0. The van der Waals surface area contributed by atoms with Crippen LogP contribution in [0.3, 0.4) is 0 Å². The Balaban J connectivity index is 0.00000178. The van der Waals surface area contributed by atoms with E-state index in [1.54, 1.807) is 6.08 Å². The Kier molecular flexibility index (Phi) is 15.5. The van der Waals surface area contributed by atoms with Crippen molar-refractivity contribution in [3.8, 4) is 0 Å². The minimum absolute atomic E-state index is 0.335. The second kappa shape index (κ2) is 15.8. The van der Waals surface area contributed by atoms with Crippen molar-refractivity contribution in [2.75, 3.05) is 19.3 Å². The second-order valence-corrected chi connectivity index (χ2v) is 8.56. The maximum atomic E-state index is 5.75. The van der Waals surface area contributed by atoms with Gasteiger partial charge in [-0.2, -0.15) is 11.8 Å². The fourth-order valence-corrected chi connectivity index (χ4v) is 4.86. The molecule has 25 heavy (non-hydrogen) atoms. The standard InChI is InChI=1S/C18H37N3S.C3H6/c1-14(19)9-7-8-12-21-15(2)10-5-6-11-18-16(3)17(20-4)13-22-18;1-3-2/h14,16-18,20-21H,2,5-13,19H2,1,3-4H3;3H,1H2,2H3. The molecule has 0 bridgehead atoms. The molecule has 0 aromatic heterocycles. The first kappa shape index (κ1) is 24.6. The van der Waals surface area contributed by atoms with Crippen LogP contribution >= 0.6 is 11.8 Å². The number of allylic oxidation sites excluding steroid dienone is 2. The van der Waals surface area contributed by atoms with E-state index in [1.165, 1.54) is 43.6 Å². The maximum Gasteiger partial charge on any atom is 0.0191 e. The average molecular weight is 370 g/mol. The van der Waals surface area contributed by atoms with Gasteiger partial charge in [0.1, 0.15) is 0 Å². The zero-order chi connectivity index (χ0) is 19.1. The molecule has 0 amide bonds. The minimum atomic E-state index is 0.335. The Morgan fingerprint density at radius 1 is 1.32 bits per heavy atom. The number of nitrogens with one attached hydrogen (secondary N) is 2. The van der Waals surface area contributed by atoms with Crippen molar-refractivity contribution < 1.29 is 0 Å². The summed E-state index contributed by atoms with van der Waals surface area (Å²) in [5.74, 6) is 2.08. The molecule has 0 aromatic carbocycles. The molecule has 0 aliphatic carbocycles. The molecule has 4 atom stereocenters. The molecule has 3 nitrogen and oxygen atoms in total. The van der Waals surface area contributed by atoms with E-state index >= 15 is 0 Å². The third-order valence-electron chi connectivity index (χ3n) is 4.76. The van der Waals surface area contributed by atoms with Gasteiger partial charge in [0.15, 0.2) is 0 Å². The lowest BCUT2D eigenvalue weighted by atomic mass is 9.96. The van der Waals surface area contributed by atoms with E-state index in [0.29, 0.717) is 12.1 Å². The van der Waals surface area contributed by atoms with Gasteiger partial charge in [-0.15, -0.1) is 6.58 Å². The van der Waals surface area contributed by atoms with Crippen LogP contribution in [0.1, 0.15) is 65.7 Å². The lowest BCUT2D eigenvalue weighted by Gasteiger charge is -2.19. The van der Waals surface area contributed by atoms with Crippen molar-refractivity contribution in [3.05, 3.63) is 24.9 Å². The number of hydrogen-bond acceptors (Lipinski definition) is 4. The van der Waals surface area contributed by atoms with Gasteiger partial charge >= 0.3 is 0 Å². The Morgan fingerprint density at radius 3 is 2.56 bits per heavy atom. The van der Waals surface area contributed by atoms with E-state index in [1.807, 2.05) is 6.92 Å². The highest BCUT2D eigenvalue weighted by molar-refractivity contribution is 8.00. The number of hydrogen-bond donors (Lipinski definition) is 3. The van der Waals surface area contributed by atoms with Crippen LogP contribution in [0.5, 0.6) is 0 Å². The van der Waals surface area contributed by atoms with Gasteiger partial charge in [0, 0.05) is 35.3 Å². The highest BCUT2D eigenvalue weighted by Crippen LogP contribution is 2.35. The highest BCUT2D eigenvalue weighted by Gasteiger charge is 2.31. The van der Waals surface area contributed by atoms with Crippen LogP contribution in [0.15, 0.2) is 24.9 Å². The molecule has 0 saturated carbocycles. The molecule has 148 valence electrons. The van der Waals surface area contributed by atoms with Gasteiger partial charge in [-0.3, -0.25) is 0 Å². The van der Waals surface area contributed by atoms with Crippen molar-refractivity contribution in [1.82, 2.24) is 10.6 Å². The molecule has 0 radical (unpaired) electrons. The molecule has 1 aliphatic heterocycles. The molecular formula is C21H43N3S. The van der Waals surface area contributed by atoms with Crippen LogP contribution in [0.4, 0.5) is 0 Å². The molecule has 0 spiro atoms. The molecule has 0 aromatic rings. The summed E-state index contributed by atoms with van der Waals surface area (Å²) in [7, 11) is 2.09. The van der Waals surface area contributed by atoms with Gasteiger partial charge in [0.2, 0.25) is 0 Å². The first-order valence-corrected chi connectivity index (χ1v) is 11.0. The van der Waals surface area contributed by atoms with Gasteiger partial charge in [0.25, 0.3) is 0 Å². The molecule has 4 N–H and O–H groups in total. The van der Waals surface area contributed by atoms with Crippen molar-refractivity contribution in [2.24, 2.45) is 11.7 Å². The summed E-state index contributed by atoms with van der Waals surface area (Å²) in [5, 5.41) is 7.74. The molecule has 1 fully saturated rings. The van der Waals surface area contributed by atoms with Gasteiger partial charge < -0.3 is 16.4 Å². The summed E-state index contributed by atoms with van der Waals surface area (Å²) >= 11 is 2.15. The zero-order valence-electron chi connectivity index (χ0n) is 17.2. The van der Waals surface area contributed by atoms with E-state index in [0.717, 1.165) is 30.6 Å². The quantitative estimate of drug-likeness (QED) is 0.345. The molecule has 4 heteroatoms. The van der Waals surface area contributed by atoms with E-state index in [9.17, 15) is 0 Å². The largest absolute Gasteiger partial charge is 0.389 e. The molecule has 4 unspecified atom stereocenters. The summed E-state index contributed by atoms with van der Waals surface area (Å²) in [6.45, 7) is 14.9. The fraction of sp³-hybridized carbons (Fsp3) is 0.810. The monoisotopic (exact) mass is 369 g/mol. The Bertz CT molecular complexity index is 344. The van der Waals surface area contributed by atoms with Gasteiger partial charge in [-0.05, 0) is 58.9 Å². The normalized spacial score (nSPS) is 23.5. The smallest absolute Gasteiger partial charge is 0.0191 e. The van der Waals surface area contributed by atoms with Gasteiger partial charge in [-0.25, -0.2) is 0 Å². The minimum Gasteiger partial charge on any atom is -0.389 e. The number of rotatable bonds is 12. The molecular weight excluding hydrogens is 326 g/mol. The van der Waals surface area contributed by atoms with E-state index < -0.39 is 0 Å². The SMILES string of the molecule is C=C(CCCCC1SCC(NC)C1C)NCCCCC(C)N.C=CC. The Hall–Kier alpha value is -0.450. The summed E-state index contributed by atoms with van der Waals surface area (Å²) in [5.41, 5.74) is 6.96. The zero-order valence-corrected chi connectivity index (χ0v) is 18.0.